The first-order chi connectivity index (χ1) is 7.53. The molecule has 0 radical (unpaired) electrons. The van der Waals surface area contributed by atoms with Crippen molar-refractivity contribution >= 4 is 17.7 Å². The normalized spacial score (nSPS) is 14.5. The first-order valence-corrected chi connectivity index (χ1v) is 5.76. The number of carbonyl (C=O) groups excluding carboxylic acids is 1. The van der Waals surface area contributed by atoms with Crippen molar-refractivity contribution < 1.29 is 9.53 Å². The minimum Gasteiger partial charge on any atom is -0.468 e. The third kappa shape index (κ3) is 2.73. The molecule has 0 saturated heterocycles. The van der Waals surface area contributed by atoms with Gasteiger partial charge in [-0.1, -0.05) is 11.8 Å². The Balaban J connectivity index is 2.65. The standard InChI is InChI=1S/C9H16N4O2S/c1-9(10-2,7(14)15-4)5-16-8-11-6-12-13(8)3/h6,10H,5H2,1-4H3. The van der Waals surface area contributed by atoms with Gasteiger partial charge in [0, 0.05) is 12.8 Å². The van der Waals surface area contributed by atoms with E-state index in [9.17, 15) is 4.79 Å². The van der Waals surface area contributed by atoms with Crippen LogP contribution < -0.4 is 5.32 Å². The molecule has 1 atom stereocenters. The van der Waals surface area contributed by atoms with Crippen LogP contribution in [0.4, 0.5) is 0 Å². The smallest absolute Gasteiger partial charge is 0.326 e. The molecular weight excluding hydrogens is 228 g/mol. The number of hydrogen-bond acceptors (Lipinski definition) is 6. The molecule has 0 fully saturated rings. The van der Waals surface area contributed by atoms with E-state index in [4.69, 9.17) is 4.74 Å². The number of esters is 1. The second kappa shape index (κ2) is 5.31. The van der Waals surface area contributed by atoms with E-state index < -0.39 is 5.54 Å². The molecule has 0 aromatic carbocycles. The van der Waals surface area contributed by atoms with Gasteiger partial charge >= 0.3 is 5.97 Å². The number of aromatic nitrogens is 3. The Morgan fingerprint density at radius 1 is 1.75 bits per heavy atom. The van der Waals surface area contributed by atoms with Gasteiger partial charge in [-0.3, -0.25) is 4.79 Å². The van der Waals surface area contributed by atoms with E-state index in [0.717, 1.165) is 5.16 Å². The fraction of sp³-hybridized carbons (Fsp3) is 0.667. The number of carbonyl (C=O) groups is 1. The van der Waals surface area contributed by atoms with Gasteiger partial charge in [-0.05, 0) is 14.0 Å². The summed E-state index contributed by atoms with van der Waals surface area (Å²) in [7, 11) is 4.92. The highest BCUT2D eigenvalue weighted by Gasteiger charge is 2.33. The zero-order valence-corrected chi connectivity index (χ0v) is 10.7. The zero-order valence-electron chi connectivity index (χ0n) is 9.85. The molecule has 0 bridgehead atoms. The average molecular weight is 244 g/mol. The molecule has 16 heavy (non-hydrogen) atoms. The van der Waals surface area contributed by atoms with Crippen LogP contribution in [0.2, 0.25) is 0 Å². The number of thioether (sulfide) groups is 1. The Morgan fingerprint density at radius 3 is 2.88 bits per heavy atom. The van der Waals surface area contributed by atoms with Gasteiger partial charge in [-0.25, -0.2) is 9.67 Å². The van der Waals surface area contributed by atoms with E-state index in [1.165, 1.54) is 25.2 Å². The fourth-order valence-corrected chi connectivity index (χ4v) is 2.12. The molecule has 0 aliphatic carbocycles. The van der Waals surface area contributed by atoms with Crippen molar-refractivity contribution in [1.29, 1.82) is 0 Å². The maximum atomic E-state index is 11.6. The topological polar surface area (TPSA) is 69.0 Å². The Bertz CT molecular complexity index is 368. The number of ether oxygens (including phenoxy) is 1. The molecule has 0 saturated carbocycles. The Morgan fingerprint density at radius 2 is 2.44 bits per heavy atom. The summed E-state index contributed by atoms with van der Waals surface area (Å²) in [6.07, 6.45) is 1.48. The summed E-state index contributed by atoms with van der Waals surface area (Å²) >= 11 is 1.45. The molecule has 1 N–H and O–H groups in total. The first-order valence-electron chi connectivity index (χ1n) is 4.77. The van der Waals surface area contributed by atoms with Crippen LogP contribution in [0, 0.1) is 0 Å². The Labute approximate surface area is 98.8 Å². The highest BCUT2D eigenvalue weighted by Crippen LogP contribution is 2.20. The first kappa shape index (κ1) is 13.0. The third-order valence-electron chi connectivity index (χ3n) is 2.35. The molecule has 6 nitrogen and oxygen atoms in total. The van der Waals surface area contributed by atoms with Gasteiger partial charge < -0.3 is 10.1 Å². The molecule has 7 heteroatoms. The second-order valence-corrected chi connectivity index (χ2v) is 4.47. The summed E-state index contributed by atoms with van der Waals surface area (Å²) in [5.74, 6) is 0.243. The van der Waals surface area contributed by atoms with E-state index in [1.54, 1.807) is 18.7 Å². The minimum atomic E-state index is -0.717. The predicted molar refractivity (Wildman–Crippen MR) is 61.2 cm³/mol. The predicted octanol–water partition coefficient (Wildman–Crippen LogP) is 0.0583. The van der Waals surface area contributed by atoms with E-state index in [1.807, 2.05) is 7.05 Å². The van der Waals surface area contributed by atoms with Crippen molar-refractivity contribution in [1.82, 2.24) is 20.1 Å². The van der Waals surface area contributed by atoms with Gasteiger partial charge in [0.25, 0.3) is 0 Å². The summed E-state index contributed by atoms with van der Waals surface area (Å²) in [5.41, 5.74) is -0.717. The summed E-state index contributed by atoms with van der Waals surface area (Å²) in [6.45, 7) is 1.79. The Hall–Kier alpha value is -1.08. The molecule has 1 heterocycles. The molecule has 0 aliphatic rings. The van der Waals surface area contributed by atoms with Crippen molar-refractivity contribution in [3.8, 4) is 0 Å². The zero-order chi connectivity index (χ0) is 12.2. The summed E-state index contributed by atoms with van der Waals surface area (Å²) < 4.78 is 6.41. The summed E-state index contributed by atoms with van der Waals surface area (Å²) in [6, 6.07) is 0. The van der Waals surface area contributed by atoms with Gasteiger partial charge in [-0.15, -0.1) is 0 Å². The lowest BCUT2D eigenvalue weighted by molar-refractivity contribution is -0.146. The molecule has 1 unspecified atom stereocenters. The minimum absolute atomic E-state index is 0.287. The van der Waals surface area contributed by atoms with Crippen LogP contribution in [-0.4, -0.2) is 46.2 Å². The highest BCUT2D eigenvalue weighted by molar-refractivity contribution is 7.99. The van der Waals surface area contributed by atoms with Crippen molar-refractivity contribution in [3.63, 3.8) is 0 Å². The van der Waals surface area contributed by atoms with Crippen LogP contribution in [0.5, 0.6) is 0 Å². The largest absolute Gasteiger partial charge is 0.468 e. The number of aryl methyl sites for hydroxylation is 1. The van der Waals surface area contributed by atoms with Gasteiger partial charge in [0.1, 0.15) is 11.9 Å². The maximum Gasteiger partial charge on any atom is 0.326 e. The lowest BCUT2D eigenvalue weighted by atomic mass is 10.1. The third-order valence-corrected chi connectivity index (χ3v) is 3.70. The summed E-state index contributed by atoms with van der Waals surface area (Å²) in [4.78, 5) is 15.6. The van der Waals surface area contributed by atoms with Gasteiger partial charge in [0.05, 0.1) is 7.11 Å². The van der Waals surface area contributed by atoms with Crippen LogP contribution >= 0.6 is 11.8 Å². The molecule has 1 aromatic heterocycles. The van der Waals surface area contributed by atoms with Crippen molar-refractivity contribution in [3.05, 3.63) is 6.33 Å². The lowest BCUT2D eigenvalue weighted by Gasteiger charge is -2.25. The van der Waals surface area contributed by atoms with Crippen molar-refractivity contribution in [2.75, 3.05) is 19.9 Å². The number of rotatable bonds is 5. The number of likely N-dealkylation sites (N-methyl/N-ethyl adjacent to an activating group) is 1. The van der Waals surface area contributed by atoms with E-state index in [2.05, 4.69) is 15.4 Å². The maximum absolute atomic E-state index is 11.6. The van der Waals surface area contributed by atoms with Gasteiger partial charge in [0.2, 0.25) is 0 Å². The SMILES string of the molecule is CNC(C)(CSc1ncnn1C)C(=O)OC. The number of nitrogens with one attached hydrogen (secondary N) is 1. The highest BCUT2D eigenvalue weighted by atomic mass is 32.2. The van der Waals surface area contributed by atoms with Gasteiger partial charge in [-0.2, -0.15) is 5.10 Å². The van der Waals surface area contributed by atoms with Crippen LogP contribution in [0.3, 0.4) is 0 Å². The number of nitrogens with zero attached hydrogens (tertiary/aromatic N) is 3. The van der Waals surface area contributed by atoms with Crippen LogP contribution in [0.25, 0.3) is 0 Å². The van der Waals surface area contributed by atoms with Crippen molar-refractivity contribution in [2.45, 2.75) is 17.6 Å². The molecule has 90 valence electrons. The molecule has 0 amide bonds. The van der Waals surface area contributed by atoms with Crippen LogP contribution in [-0.2, 0) is 16.6 Å². The summed E-state index contributed by atoms with van der Waals surface area (Å²) in [5, 5.41) is 7.68. The molecule has 1 aromatic rings. The quantitative estimate of drug-likeness (QED) is 0.583. The molecule has 0 spiro atoms. The van der Waals surface area contributed by atoms with E-state index in [0.29, 0.717) is 5.75 Å². The van der Waals surface area contributed by atoms with E-state index in [-0.39, 0.29) is 5.97 Å². The molecule has 1 rings (SSSR count). The number of methoxy groups -OCH3 is 1. The van der Waals surface area contributed by atoms with Crippen molar-refractivity contribution in [2.24, 2.45) is 7.05 Å². The number of hydrogen-bond donors (Lipinski definition) is 1. The molecule has 0 aliphatic heterocycles. The van der Waals surface area contributed by atoms with Gasteiger partial charge in [0.15, 0.2) is 5.16 Å². The Kier molecular flexibility index (Phi) is 4.31. The monoisotopic (exact) mass is 244 g/mol. The average Bonchev–Trinajstić information content (AvgIpc) is 2.70. The fourth-order valence-electron chi connectivity index (χ4n) is 1.08. The second-order valence-electron chi connectivity index (χ2n) is 3.53. The lowest BCUT2D eigenvalue weighted by Crippen LogP contribution is -2.50. The van der Waals surface area contributed by atoms with Crippen LogP contribution in [0.15, 0.2) is 11.5 Å². The van der Waals surface area contributed by atoms with E-state index >= 15 is 0 Å². The van der Waals surface area contributed by atoms with Crippen LogP contribution in [0.1, 0.15) is 6.92 Å². The molecular formula is C9H16N4O2S.